The van der Waals surface area contributed by atoms with E-state index in [0.29, 0.717) is 21.6 Å². The van der Waals surface area contributed by atoms with Crippen molar-refractivity contribution in [1.29, 1.82) is 0 Å². The van der Waals surface area contributed by atoms with Crippen molar-refractivity contribution < 1.29 is 13.5 Å². The first-order valence-electron chi connectivity index (χ1n) is 5.62. The van der Waals surface area contributed by atoms with E-state index in [0.717, 1.165) is 6.42 Å². The molecule has 1 heterocycles. The van der Waals surface area contributed by atoms with Gasteiger partial charge in [-0.15, -0.1) is 11.3 Å². The first-order valence-corrected chi connectivity index (χ1v) is 8.78. The van der Waals surface area contributed by atoms with Crippen LogP contribution in [0.2, 0.25) is 0 Å². The lowest BCUT2D eigenvalue weighted by molar-refractivity contribution is 0.242. The van der Waals surface area contributed by atoms with E-state index in [1.165, 1.54) is 11.3 Å². The Morgan fingerprint density at radius 3 is 2.67 bits per heavy atom. The third kappa shape index (κ3) is 4.62. The van der Waals surface area contributed by atoms with E-state index in [9.17, 15) is 8.42 Å². The van der Waals surface area contributed by atoms with E-state index in [-0.39, 0.29) is 12.0 Å². The first kappa shape index (κ1) is 16.1. The highest BCUT2D eigenvalue weighted by Crippen LogP contribution is 2.28. The predicted molar refractivity (Wildman–Crippen MR) is 77.3 cm³/mol. The molecule has 2 N–H and O–H groups in total. The molecule has 0 aliphatic heterocycles. The smallest absolute Gasteiger partial charge is 0.251 e. The average Bonchev–Trinajstić information content (AvgIpc) is 2.71. The van der Waals surface area contributed by atoms with Crippen LogP contribution in [-0.4, -0.2) is 26.7 Å². The summed E-state index contributed by atoms with van der Waals surface area (Å²) in [7, 11) is -3.45. The maximum atomic E-state index is 12.1. The second kappa shape index (κ2) is 6.47. The predicted octanol–water partition coefficient (Wildman–Crippen LogP) is 2.59. The Morgan fingerprint density at radius 2 is 2.17 bits per heavy atom. The molecule has 0 aliphatic rings. The molecule has 0 atom stereocenters. The Morgan fingerprint density at radius 1 is 1.50 bits per heavy atom. The Kier molecular flexibility index (Phi) is 5.79. The number of hydrogen-bond acceptors (Lipinski definition) is 4. The summed E-state index contributed by atoms with van der Waals surface area (Å²) in [6.45, 7) is 4.45. The summed E-state index contributed by atoms with van der Waals surface area (Å²) in [5.74, 6) is 0. The number of rotatable bonds is 7. The lowest BCUT2D eigenvalue weighted by atomic mass is 9.88. The van der Waals surface area contributed by atoms with Gasteiger partial charge in [0, 0.05) is 17.6 Å². The maximum Gasteiger partial charge on any atom is 0.251 e. The van der Waals surface area contributed by atoms with E-state index >= 15 is 0 Å². The lowest BCUT2D eigenvalue weighted by Crippen LogP contribution is -2.34. The van der Waals surface area contributed by atoms with Gasteiger partial charge in [0.05, 0.1) is 0 Å². The Balaban J connectivity index is 2.66. The molecule has 7 heteroatoms. The number of hydrogen-bond donors (Lipinski definition) is 2. The molecule has 0 aromatic carbocycles. The molecule has 0 saturated carbocycles. The Hall–Kier alpha value is 0.0500. The molecular weight excluding hydrogens is 338 g/mol. The van der Waals surface area contributed by atoms with Gasteiger partial charge in [-0.25, -0.2) is 13.1 Å². The molecule has 1 rings (SSSR count). The molecule has 0 spiro atoms. The third-order valence-electron chi connectivity index (χ3n) is 2.58. The number of thiophene rings is 1. The van der Waals surface area contributed by atoms with Crippen LogP contribution in [-0.2, 0) is 10.0 Å². The molecule has 0 aliphatic carbocycles. The minimum Gasteiger partial charge on any atom is -0.396 e. The van der Waals surface area contributed by atoms with Crippen molar-refractivity contribution in [3.63, 3.8) is 0 Å². The third-order valence-corrected chi connectivity index (χ3v) is 6.65. The van der Waals surface area contributed by atoms with Crippen LogP contribution in [0.5, 0.6) is 0 Å². The van der Waals surface area contributed by atoms with Crippen molar-refractivity contribution in [2.24, 2.45) is 5.41 Å². The summed E-state index contributed by atoms with van der Waals surface area (Å²) in [6.07, 6.45) is 1.45. The quantitative estimate of drug-likeness (QED) is 0.789. The van der Waals surface area contributed by atoms with Crippen LogP contribution >= 0.6 is 27.3 Å². The van der Waals surface area contributed by atoms with E-state index in [2.05, 4.69) is 20.7 Å². The largest absolute Gasteiger partial charge is 0.396 e. The van der Waals surface area contributed by atoms with Crippen molar-refractivity contribution in [2.45, 2.75) is 30.9 Å². The number of nitrogens with one attached hydrogen (secondary N) is 1. The fourth-order valence-electron chi connectivity index (χ4n) is 1.47. The highest BCUT2D eigenvalue weighted by atomic mass is 79.9. The molecule has 0 fully saturated rings. The molecule has 0 amide bonds. The molecule has 4 nitrogen and oxygen atoms in total. The SMILES string of the molecule is CC(C)(CCCO)CNS(=O)(=O)c1sccc1Br. The summed E-state index contributed by atoms with van der Waals surface area (Å²) < 4.78 is 27.6. The van der Waals surface area contributed by atoms with Gasteiger partial charge in [-0.3, -0.25) is 0 Å². The fraction of sp³-hybridized carbons (Fsp3) is 0.636. The van der Waals surface area contributed by atoms with Gasteiger partial charge in [0.1, 0.15) is 4.21 Å². The van der Waals surface area contributed by atoms with Gasteiger partial charge in [-0.1, -0.05) is 13.8 Å². The summed E-state index contributed by atoms with van der Waals surface area (Å²) in [6, 6.07) is 1.72. The molecule has 0 saturated heterocycles. The van der Waals surface area contributed by atoms with Gasteiger partial charge in [0.25, 0.3) is 10.0 Å². The number of aliphatic hydroxyl groups excluding tert-OH is 1. The van der Waals surface area contributed by atoms with Gasteiger partial charge in [0.2, 0.25) is 0 Å². The zero-order valence-electron chi connectivity index (χ0n) is 10.4. The normalized spacial score (nSPS) is 12.9. The van der Waals surface area contributed by atoms with E-state index in [1.807, 2.05) is 13.8 Å². The van der Waals surface area contributed by atoms with Crippen LogP contribution in [0, 0.1) is 5.41 Å². The number of halogens is 1. The molecule has 104 valence electrons. The van der Waals surface area contributed by atoms with Gasteiger partial charge in [0.15, 0.2) is 0 Å². The van der Waals surface area contributed by atoms with Crippen molar-refractivity contribution in [1.82, 2.24) is 4.72 Å². The molecule has 0 unspecified atom stereocenters. The number of aliphatic hydroxyl groups is 1. The van der Waals surface area contributed by atoms with Gasteiger partial charge < -0.3 is 5.11 Å². The zero-order chi connectivity index (χ0) is 13.8. The summed E-state index contributed by atoms with van der Waals surface area (Å²) in [4.78, 5) is 0. The van der Waals surface area contributed by atoms with Gasteiger partial charge in [-0.2, -0.15) is 0 Å². The van der Waals surface area contributed by atoms with Gasteiger partial charge >= 0.3 is 0 Å². The minimum atomic E-state index is -3.45. The van der Waals surface area contributed by atoms with Crippen LogP contribution in [0.3, 0.4) is 0 Å². The van der Waals surface area contributed by atoms with E-state index in [1.54, 1.807) is 11.4 Å². The minimum absolute atomic E-state index is 0.132. The van der Waals surface area contributed by atoms with Crippen LogP contribution in [0.4, 0.5) is 0 Å². The van der Waals surface area contributed by atoms with Crippen LogP contribution in [0.15, 0.2) is 20.1 Å². The van der Waals surface area contributed by atoms with Crippen LogP contribution in [0.25, 0.3) is 0 Å². The lowest BCUT2D eigenvalue weighted by Gasteiger charge is -2.24. The van der Waals surface area contributed by atoms with Crippen molar-refractivity contribution in [3.05, 3.63) is 15.9 Å². The summed E-state index contributed by atoms with van der Waals surface area (Å²) >= 11 is 4.41. The van der Waals surface area contributed by atoms with E-state index in [4.69, 9.17) is 5.11 Å². The molecular formula is C11H18BrNO3S2. The second-order valence-corrected chi connectivity index (χ2v) is 8.60. The van der Waals surface area contributed by atoms with Crippen molar-refractivity contribution in [3.8, 4) is 0 Å². The average molecular weight is 356 g/mol. The topological polar surface area (TPSA) is 66.4 Å². The monoisotopic (exact) mass is 355 g/mol. The summed E-state index contributed by atoms with van der Waals surface area (Å²) in [5.41, 5.74) is -0.167. The molecule has 18 heavy (non-hydrogen) atoms. The van der Waals surface area contributed by atoms with Crippen LogP contribution < -0.4 is 4.72 Å². The molecule has 1 aromatic rings. The maximum absolute atomic E-state index is 12.1. The molecule has 0 bridgehead atoms. The highest BCUT2D eigenvalue weighted by molar-refractivity contribution is 9.10. The summed E-state index contributed by atoms with van der Waals surface area (Å²) in [5, 5.41) is 10.5. The van der Waals surface area contributed by atoms with Gasteiger partial charge in [-0.05, 0) is 45.6 Å². The Labute approximate surface area is 121 Å². The zero-order valence-corrected chi connectivity index (χ0v) is 13.7. The molecule has 1 aromatic heterocycles. The van der Waals surface area contributed by atoms with Crippen molar-refractivity contribution >= 4 is 37.3 Å². The van der Waals surface area contributed by atoms with Crippen LogP contribution in [0.1, 0.15) is 26.7 Å². The standard InChI is InChI=1S/C11H18BrNO3S2/c1-11(2,5-3-6-14)8-13-18(15,16)10-9(12)4-7-17-10/h4,7,13-14H,3,5-6,8H2,1-2H3. The van der Waals surface area contributed by atoms with Crippen molar-refractivity contribution in [2.75, 3.05) is 13.2 Å². The first-order chi connectivity index (χ1) is 8.28. The fourth-order valence-corrected chi connectivity index (χ4v) is 5.10. The highest BCUT2D eigenvalue weighted by Gasteiger charge is 2.24. The Bertz CT molecular complexity index is 482. The molecule has 0 radical (unpaired) electrons. The van der Waals surface area contributed by atoms with E-state index < -0.39 is 10.0 Å². The second-order valence-electron chi connectivity index (χ2n) is 4.87. The number of sulfonamides is 1.